The predicted octanol–water partition coefficient (Wildman–Crippen LogP) is 4.19. The Kier molecular flexibility index (Phi) is 4.48. The van der Waals surface area contributed by atoms with Crippen molar-refractivity contribution in [3.8, 4) is 0 Å². The molecule has 4 rings (SSSR count). The van der Waals surface area contributed by atoms with Gasteiger partial charge in [-0.05, 0) is 56.4 Å². The first-order chi connectivity index (χ1) is 12.2. The molecule has 2 heterocycles. The van der Waals surface area contributed by atoms with Crippen LogP contribution in [0.1, 0.15) is 30.4 Å². The fraction of sp³-hybridized carbons (Fsp3) is 0.409. The Balaban J connectivity index is 1.43. The van der Waals surface area contributed by atoms with Gasteiger partial charge in [0.25, 0.3) is 0 Å². The lowest BCUT2D eigenvalue weighted by atomic mass is 9.92. The van der Waals surface area contributed by atoms with Gasteiger partial charge in [0.1, 0.15) is 0 Å². The van der Waals surface area contributed by atoms with Gasteiger partial charge in [0, 0.05) is 36.9 Å². The number of carbonyl (C=O) groups is 1. The van der Waals surface area contributed by atoms with Crippen molar-refractivity contribution in [3.05, 3.63) is 59.7 Å². The van der Waals surface area contributed by atoms with Crippen LogP contribution in [0.5, 0.6) is 0 Å². The molecule has 0 unspecified atom stereocenters. The summed E-state index contributed by atoms with van der Waals surface area (Å²) in [7, 11) is 0. The van der Waals surface area contributed by atoms with E-state index in [0.717, 1.165) is 51.0 Å². The van der Waals surface area contributed by atoms with Crippen molar-refractivity contribution in [2.45, 2.75) is 32.6 Å². The Morgan fingerprint density at radius 1 is 0.960 bits per heavy atom. The number of amides is 1. The van der Waals surface area contributed by atoms with E-state index >= 15 is 0 Å². The lowest BCUT2D eigenvalue weighted by molar-refractivity contribution is -0.123. The standard InChI is InChI=1S/C22H26N2O/c1-17-8-10-20(11-9-17)23-15-12-19(13-16-23)22(25)24-14-4-6-18-5-2-3-7-21(18)24/h2-3,5,7-11,19H,4,6,12-16H2,1H3. The summed E-state index contributed by atoms with van der Waals surface area (Å²) in [4.78, 5) is 17.6. The third kappa shape index (κ3) is 3.28. The number of nitrogens with zero attached hydrogens (tertiary/aromatic N) is 2. The lowest BCUT2D eigenvalue weighted by Crippen LogP contribution is -2.44. The van der Waals surface area contributed by atoms with Crippen molar-refractivity contribution in [1.29, 1.82) is 0 Å². The molecule has 25 heavy (non-hydrogen) atoms. The van der Waals surface area contributed by atoms with Gasteiger partial charge in [-0.15, -0.1) is 0 Å². The van der Waals surface area contributed by atoms with E-state index in [9.17, 15) is 4.79 Å². The number of benzene rings is 2. The summed E-state index contributed by atoms with van der Waals surface area (Å²) in [5, 5.41) is 0. The molecule has 0 aromatic heterocycles. The average molecular weight is 334 g/mol. The maximum absolute atomic E-state index is 13.1. The van der Waals surface area contributed by atoms with E-state index in [1.54, 1.807) is 0 Å². The van der Waals surface area contributed by atoms with Crippen LogP contribution in [-0.2, 0) is 11.2 Å². The number of para-hydroxylation sites is 1. The largest absolute Gasteiger partial charge is 0.371 e. The fourth-order valence-corrected chi connectivity index (χ4v) is 4.12. The third-order valence-electron chi connectivity index (χ3n) is 5.62. The zero-order chi connectivity index (χ0) is 17.2. The highest BCUT2D eigenvalue weighted by molar-refractivity contribution is 5.96. The summed E-state index contributed by atoms with van der Waals surface area (Å²) < 4.78 is 0. The molecule has 2 aliphatic rings. The Hall–Kier alpha value is -2.29. The summed E-state index contributed by atoms with van der Waals surface area (Å²) >= 11 is 0. The molecule has 130 valence electrons. The zero-order valence-electron chi connectivity index (χ0n) is 14.9. The van der Waals surface area contributed by atoms with E-state index in [0.29, 0.717) is 5.91 Å². The smallest absolute Gasteiger partial charge is 0.230 e. The fourth-order valence-electron chi connectivity index (χ4n) is 4.12. The molecular formula is C22H26N2O. The van der Waals surface area contributed by atoms with Crippen molar-refractivity contribution < 1.29 is 4.79 Å². The first-order valence-electron chi connectivity index (χ1n) is 9.43. The molecule has 0 bridgehead atoms. The number of aryl methyl sites for hydroxylation is 2. The molecular weight excluding hydrogens is 308 g/mol. The molecule has 0 spiro atoms. The van der Waals surface area contributed by atoms with Gasteiger partial charge in [0.05, 0.1) is 0 Å². The van der Waals surface area contributed by atoms with Gasteiger partial charge in [-0.25, -0.2) is 0 Å². The molecule has 3 nitrogen and oxygen atoms in total. The Bertz CT molecular complexity index is 745. The molecule has 1 fully saturated rings. The maximum Gasteiger partial charge on any atom is 0.230 e. The zero-order valence-corrected chi connectivity index (χ0v) is 14.9. The molecule has 0 N–H and O–H groups in total. The first kappa shape index (κ1) is 16.2. The Morgan fingerprint density at radius 3 is 2.44 bits per heavy atom. The highest BCUT2D eigenvalue weighted by Gasteiger charge is 2.31. The van der Waals surface area contributed by atoms with E-state index in [4.69, 9.17) is 0 Å². The minimum absolute atomic E-state index is 0.160. The number of rotatable bonds is 2. The van der Waals surface area contributed by atoms with Gasteiger partial charge >= 0.3 is 0 Å². The SMILES string of the molecule is Cc1ccc(N2CCC(C(=O)N3CCCc4ccccc43)CC2)cc1. The molecule has 0 saturated carbocycles. The van der Waals surface area contributed by atoms with Crippen molar-refractivity contribution in [2.75, 3.05) is 29.4 Å². The summed E-state index contributed by atoms with van der Waals surface area (Å²) in [6.45, 7) is 4.92. The van der Waals surface area contributed by atoms with E-state index in [2.05, 4.69) is 54.3 Å². The van der Waals surface area contributed by atoms with Crippen LogP contribution in [-0.4, -0.2) is 25.5 Å². The van der Waals surface area contributed by atoms with E-state index in [1.807, 2.05) is 11.0 Å². The van der Waals surface area contributed by atoms with Crippen molar-refractivity contribution in [1.82, 2.24) is 0 Å². The molecule has 1 amide bonds. The second-order valence-electron chi connectivity index (χ2n) is 7.32. The van der Waals surface area contributed by atoms with Crippen LogP contribution in [0.3, 0.4) is 0 Å². The minimum Gasteiger partial charge on any atom is -0.371 e. The number of anilines is 2. The van der Waals surface area contributed by atoms with Gasteiger partial charge in [-0.3, -0.25) is 4.79 Å². The van der Waals surface area contributed by atoms with Crippen LogP contribution in [0.25, 0.3) is 0 Å². The monoisotopic (exact) mass is 334 g/mol. The van der Waals surface area contributed by atoms with Crippen molar-refractivity contribution >= 4 is 17.3 Å². The summed E-state index contributed by atoms with van der Waals surface area (Å²) in [6.07, 6.45) is 4.06. The van der Waals surface area contributed by atoms with E-state index < -0.39 is 0 Å². The minimum atomic E-state index is 0.160. The molecule has 0 aliphatic carbocycles. The van der Waals surface area contributed by atoms with Crippen molar-refractivity contribution in [3.63, 3.8) is 0 Å². The van der Waals surface area contributed by atoms with Gasteiger partial charge in [-0.1, -0.05) is 35.9 Å². The number of carbonyl (C=O) groups excluding carboxylic acids is 1. The van der Waals surface area contributed by atoms with Crippen LogP contribution in [0.2, 0.25) is 0 Å². The first-order valence-corrected chi connectivity index (χ1v) is 9.43. The second kappa shape index (κ2) is 6.91. The molecule has 0 atom stereocenters. The lowest BCUT2D eigenvalue weighted by Gasteiger charge is -2.37. The molecule has 3 heteroatoms. The highest BCUT2D eigenvalue weighted by atomic mass is 16.2. The van der Waals surface area contributed by atoms with Gasteiger partial charge in [-0.2, -0.15) is 0 Å². The van der Waals surface area contributed by atoms with Crippen molar-refractivity contribution in [2.24, 2.45) is 5.92 Å². The van der Waals surface area contributed by atoms with Crippen LogP contribution in [0, 0.1) is 12.8 Å². The van der Waals surface area contributed by atoms with Crippen LogP contribution < -0.4 is 9.80 Å². The second-order valence-corrected chi connectivity index (χ2v) is 7.32. The molecule has 2 aliphatic heterocycles. The van der Waals surface area contributed by atoms with E-state index in [-0.39, 0.29) is 5.92 Å². The summed E-state index contributed by atoms with van der Waals surface area (Å²) in [5.74, 6) is 0.489. The Morgan fingerprint density at radius 2 is 1.68 bits per heavy atom. The Labute approximate surface area is 150 Å². The highest BCUT2D eigenvalue weighted by Crippen LogP contribution is 2.31. The maximum atomic E-state index is 13.1. The summed E-state index contributed by atoms with van der Waals surface area (Å²) in [6, 6.07) is 17.1. The normalized spacial score (nSPS) is 18.1. The van der Waals surface area contributed by atoms with Crippen LogP contribution in [0.4, 0.5) is 11.4 Å². The third-order valence-corrected chi connectivity index (χ3v) is 5.62. The van der Waals surface area contributed by atoms with E-state index in [1.165, 1.54) is 16.8 Å². The number of hydrogen-bond donors (Lipinski definition) is 0. The van der Waals surface area contributed by atoms with Gasteiger partial charge in [0.15, 0.2) is 0 Å². The quantitative estimate of drug-likeness (QED) is 0.822. The topological polar surface area (TPSA) is 23.6 Å². The number of piperidine rings is 1. The number of fused-ring (bicyclic) bond motifs is 1. The number of hydrogen-bond acceptors (Lipinski definition) is 2. The predicted molar refractivity (Wildman–Crippen MR) is 103 cm³/mol. The van der Waals surface area contributed by atoms with Gasteiger partial charge < -0.3 is 9.80 Å². The molecule has 2 aromatic rings. The van der Waals surface area contributed by atoms with Crippen LogP contribution in [0.15, 0.2) is 48.5 Å². The van der Waals surface area contributed by atoms with Crippen LogP contribution >= 0.6 is 0 Å². The summed E-state index contributed by atoms with van der Waals surface area (Å²) in [5.41, 5.74) is 5.02. The molecule has 1 saturated heterocycles. The molecule has 2 aromatic carbocycles. The van der Waals surface area contributed by atoms with Gasteiger partial charge in [0.2, 0.25) is 5.91 Å². The molecule has 0 radical (unpaired) electrons. The average Bonchev–Trinajstić information content (AvgIpc) is 2.68.